The molecule has 0 saturated carbocycles. The van der Waals surface area contributed by atoms with Crippen LogP contribution in [0.2, 0.25) is 0 Å². The van der Waals surface area contributed by atoms with Crippen molar-refractivity contribution in [3.05, 3.63) is 59.7 Å². The van der Waals surface area contributed by atoms with Crippen molar-refractivity contribution in [1.82, 2.24) is 10.6 Å². The second-order valence-corrected chi connectivity index (χ2v) is 10.2. The predicted octanol–water partition coefficient (Wildman–Crippen LogP) is 4.70. The number of alkyl carbamates (subject to hydrolysis) is 1. The Kier molecular flexibility index (Phi) is 7.97. The summed E-state index contributed by atoms with van der Waals surface area (Å²) in [6.45, 7) is 7.90. The summed E-state index contributed by atoms with van der Waals surface area (Å²) in [6.07, 6.45) is -0.153. The first-order chi connectivity index (χ1) is 16.0. The van der Waals surface area contributed by atoms with Gasteiger partial charge in [-0.25, -0.2) is 4.79 Å². The molecule has 2 aromatic rings. The van der Waals surface area contributed by atoms with E-state index < -0.39 is 24.1 Å². The van der Waals surface area contributed by atoms with Crippen molar-refractivity contribution in [3.8, 4) is 11.1 Å². The van der Waals surface area contributed by atoms with Gasteiger partial charge in [0.05, 0.1) is 6.42 Å². The summed E-state index contributed by atoms with van der Waals surface area (Å²) < 4.78 is 5.53. The highest BCUT2D eigenvalue weighted by Gasteiger charge is 2.29. The molecule has 3 N–H and O–H groups in total. The Bertz CT molecular complexity index is 998. The smallest absolute Gasteiger partial charge is 0.407 e. The van der Waals surface area contributed by atoms with Crippen molar-refractivity contribution >= 4 is 18.0 Å². The average Bonchev–Trinajstić information content (AvgIpc) is 3.04. The SMILES string of the molecule is C[C@H](CC(=O)NC(CC(=O)O)CC(C)(C)C)NC(=O)OCC1c2ccccc2-c2ccccc21. The number of carboxylic acids is 1. The molecule has 0 aromatic heterocycles. The maximum absolute atomic E-state index is 12.5. The van der Waals surface area contributed by atoms with Crippen LogP contribution in [0.5, 0.6) is 0 Å². The quantitative estimate of drug-likeness (QED) is 0.497. The molecule has 182 valence electrons. The normalized spacial score (nSPS) is 14.5. The van der Waals surface area contributed by atoms with Crippen LogP contribution in [0.25, 0.3) is 11.1 Å². The van der Waals surface area contributed by atoms with Gasteiger partial charge in [0.15, 0.2) is 0 Å². The van der Waals surface area contributed by atoms with E-state index in [4.69, 9.17) is 9.84 Å². The molecule has 0 bridgehead atoms. The Morgan fingerprint density at radius 1 is 0.941 bits per heavy atom. The van der Waals surface area contributed by atoms with Crippen LogP contribution in [0.4, 0.5) is 4.79 Å². The molecule has 1 unspecified atom stereocenters. The molecule has 0 aliphatic heterocycles. The minimum atomic E-state index is -0.959. The number of nitrogens with one attached hydrogen (secondary N) is 2. The number of fused-ring (bicyclic) bond motifs is 3. The third-order valence-corrected chi connectivity index (χ3v) is 5.84. The molecular weight excluding hydrogens is 432 g/mol. The predicted molar refractivity (Wildman–Crippen MR) is 131 cm³/mol. The Morgan fingerprint density at radius 3 is 2.03 bits per heavy atom. The molecule has 7 heteroatoms. The summed E-state index contributed by atoms with van der Waals surface area (Å²) in [5.74, 6) is -1.30. The van der Waals surface area contributed by atoms with E-state index >= 15 is 0 Å². The highest BCUT2D eigenvalue weighted by atomic mass is 16.5. The van der Waals surface area contributed by atoms with Crippen LogP contribution in [0.3, 0.4) is 0 Å². The number of aliphatic carboxylic acids is 1. The number of hydrogen-bond donors (Lipinski definition) is 3. The van der Waals surface area contributed by atoms with Gasteiger partial charge in [0, 0.05) is 24.4 Å². The number of ether oxygens (including phenoxy) is 1. The summed E-state index contributed by atoms with van der Waals surface area (Å²) in [4.78, 5) is 36.0. The summed E-state index contributed by atoms with van der Waals surface area (Å²) in [5, 5.41) is 14.6. The Labute approximate surface area is 200 Å². The molecule has 0 saturated heterocycles. The second-order valence-electron chi connectivity index (χ2n) is 10.2. The topological polar surface area (TPSA) is 105 Å². The standard InChI is InChI=1S/C27H34N2O5/c1-17(13-24(30)29-18(14-25(31)32)15-27(2,3)4)28-26(33)34-16-23-21-11-7-5-9-19(21)20-10-6-8-12-22(20)23/h5-12,17-18,23H,13-16H2,1-4H3,(H,28,33)(H,29,30)(H,31,32)/t17-,18?/m1/s1. The molecule has 1 aliphatic carbocycles. The fraction of sp³-hybridized carbons (Fsp3) is 0.444. The number of amides is 2. The summed E-state index contributed by atoms with van der Waals surface area (Å²) in [5.41, 5.74) is 4.45. The van der Waals surface area contributed by atoms with E-state index in [1.54, 1.807) is 6.92 Å². The third kappa shape index (κ3) is 6.83. The number of carbonyl (C=O) groups is 3. The molecule has 2 amide bonds. The van der Waals surface area contributed by atoms with Crippen molar-refractivity contribution in [2.45, 2.75) is 65.0 Å². The van der Waals surface area contributed by atoms with Gasteiger partial charge in [-0.15, -0.1) is 0 Å². The zero-order valence-corrected chi connectivity index (χ0v) is 20.3. The number of rotatable bonds is 9. The van der Waals surface area contributed by atoms with Gasteiger partial charge in [-0.3, -0.25) is 9.59 Å². The lowest BCUT2D eigenvalue weighted by molar-refractivity contribution is -0.137. The molecule has 0 heterocycles. The van der Waals surface area contributed by atoms with E-state index in [-0.39, 0.29) is 36.7 Å². The Balaban J connectivity index is 1.51. The summed E-state index contributed by atoms with van der Waals surface area (Å²) >= 11 is 0. The Morgan fingerprint density at radius 2 is 1.50 bits per heavy atom. The van der Waals surface area contributed by atoms with Crippen LogP contribution < -0.4 is 10.6 Å². The number of carbonyl (C=O) groups excluding carboxylic acids is 2. The van der Waals surface area contributed by atoms with Crippen LogP contribution in [0, 0.1) is 5.41 Å². The minimum Gasteiger partial charge on any atom is -0.481 e. The van der Waals surface area contributed by atoms with E-state index in [1.807, 2.05) is 45.0 Å². The number of benzene rings is 2. The fourth-order valence-corrected chi connectivity index (χ4v) is 4.58. The van der Waals surface area contributed by atoms with E-state index in [2.05, 4.69) is 34.9 Å². The molecule has 2 aromatic carbocycles. The highest BCUT2D eigenvalue weighted by molar-refractivity contribution is 5.80. The molecule has 7 nitrogen and oxygen atoms in total. The van der Waals surface area contributed by atoms with Gasteiger partial charge in [-0.1, -0.05) is 69.3 Å². The number of hydrogen-bond acceptors (Lipinski definition) is 4. The van der Waals surface area contributed by atoms with Crippen molar-refractivity contribution in [2.24, 2.45) is 5.41 Å². The highest BCUT2D eigenvalue weighted by Crippen LogP contribution is 2.44. The monoisotopic (exact) mass is 466 g/mol. The molecule has 1 aliphatic rings. The van der Waals surface area contributed by atoms with Crippen LogP contribution in [-0.4, -0.2) is 41.8 Å². The summed E-state index contributed by atoms with van der Waals surface area (Å²) in [7, 11) is 0. The van der Waals surface area contributed by atoms with Gasteiger partial charge in [0.2, 0.25) is 5.91 Å². The van der Waals surface area contributed by atoms with Gasteiger partial charge in [-0.2, -0.15) is 0 Å². The van der Waals surface area contributed by atoms with E-state index in [9.17, 15) is 14.4 Å². The molecule has 3 rings (SSSR count). The lowest BCUT2D eigenvalue weighted by atomic mass is 9.87. The van der Waals surface area contributed by atoms with E-state index in [0.717, 1.165) is 22.3 Å². The first kappa shape index (κ1) is 25.3. The first-order valence-corrected chi connectivity index (χ1v) is 11.7. The Hall–Kier alpha value is -3.35. The van der Waals surface area contributed by atoms with Crippen LogP contribution in [0.1, 0.15) is 64.0 Å². The van der Waals surface area contributed by atoms with E-state index in [0.29, 0.717) is 6.42 Å². The molecule has 2 atom stereocenters. The van der Waals surface area contributed by atoms with E-state index in [1.165, 1.54) is 0 Å². The molecule has 34 heavy (non-hydrogen) atoms. The van der Waals surface area contributed by atoms with Crippen molar-refractivity contribution < 1.29 is 24.2 Å². The maximum atomic E-state index is 12.5. The van der Waals surface area contributed by atoms with Crippen molar-refractivity contribution in [2.75, 3.05) is 6.61 Å². The molecule has 0 radical (unpaired) electrons. The van der Waals surface area contributed by atoms with Gasteiger partial charge in [0.1, 0.15) is 6.61 Å². The van der Waals surface area contributed by atoms with Crippen molar-refractivity contribution in [3.63, 3.8) is 0 Å². The van der Waals surface area contributed by atoms with Gasteiger partial charge < -0.3 is 20.5 Å². The van der Waals surface area contributed by atoms with Gasteiger partial charge in [0.25, 0.3) is 0 Å². The maximum Gasteiger partial charge on any atom is 0.407 e. The zero-order valence-electron chi connectivity index (χ0n) is 20.3. The largest absolute Gasteiger partial charge is 0.481 e. The lowest BCUT2D eigenvalue weighted by Gasteiger charge is -2.26. The molecular formula is C27H34N2O5. The minimum absolute atomic E-state index is 0.0322. The zero-order chi connectivity index (χ0) is 24.9. The van der Waals surface area contributed by atoms with Gasteiger partial charge in [-0.05, 0) is 41.0 Å². The average molecular weight is 467 g/mol. The summed E-state index contributed by atoms with van der Waals surface area (Å²) in [6, 6.07) is 15.3. The van der Waals surface area contributed by atoms with Crippen LogP contribution >= 0.6 is 0 Å². The van der Waals surface area contributed by atoms with Gasteiger partial charge >= 0.3 is 12.1 Å². The van der Waals surface area contributed by atoms with Crippen LogP contribution in [-0.2, 0) is 14.3 Å². The molecule has 0 fully saturated rings. The first-order valence-electron chi connectivity index (χ1n) is 11.7. The fourth-order valence-electron chi connectivity index (χ4n) is 4.58. The third-order valence-electron chi connectivity index (χ3n) is 5.84. The number of carboxylic acid groups (broad SMARTS) is 1. The second kappa shape index (κ2) is 10.7. The lowest BCUT2D eigenvalue weighted by Crippen LogP contribution is -2.43. The molecule has 0 spiro atoms. The van der Waals surface area contributed by atoms with Crippen LogP contribution in [0.15, 0.2) is 48.5 Å². The van der Waals surface area contributed by atoms with Crippen molar-refractivity contribution in [1.29, 1.82) is 0 Å².